The third-order valence-electron chi connectivity index (χ3n) is 9.23. The van der Waals surface area contributed by atoms with Crippen LogP contribution in [0.15, 0.2) is 17.2 Å². The molecular weight excluding hydrogens is 554 g/mol. The molecule has 1 amide bonds. The number of aryl methyl sites for hydroxylation is 2. The van der Waals surface area contributed by atoms with Crippen LogP contribution < -0.4 is 10.9 Å². The highest BCUT2D eigenvalue weighted by Crippen LogP contribution is 2.43. The molecular formula is C27H27N5O6S2. The average molecular weight is 582 g/mol. The van der Waals surface area contributed by atoms with Gasteiger partial charge in [0.15, 0.2) is 15.6 Å². The molecule has 3 atom stereocenters. The molecule has 1 spiro atoms. The molecule has 3 aromatic heterocycles. The number of anilines is 2. The lowest BCUT2D eigenvalue weighted by molar-refractivity contribution is -0.140. The fourth-order valence-corrected chi connectivity index (χ4v) is 10.8. The Bertz CT molecular complexity index is 1820. The summed E-state index contributed by atoms with van der Waals surface area (Å²) in [5.74, 6) is 0.0301. The van der Waals surface area contributed by atoms with E-state index in [1.165, 1.54) is 10.9 Å². The standard InChI is InChI=1S/C27H27N5O6S2/c1-13-4-18(26(35)32-22(13)19(33)7-27(32)10-40(36,37)11-27)30-23-21-17-3-2-14(5-20(17)39-24(21)29-12-28-23)25(34)31-8-16-6-15(31)9-38-16/h4,12,14-16H,2-3,5-11H2,1H3,(H,28,29,30)/t14-,15+,16+/m0/s1. The van der Waals surface area contributed by atoms with E-state index in [4.69, 9.17) is 4.74 Å². The van der Waals surface area contributed by atoms with Crippen molar-refractivity contribution in [2.24, 2.45) is 5.92 Å². The number of rotatable bonds is 3. The molecule has 0 saturated carbocycles. The number of Topliss-reactive ketones (excluding diaryl/α,β-unsaturated/α-hetero) is 1. The van der Waals surface area contributed by atoms with Gasteiger partial charge in [-0.15, -0.1) is 11.3 Å². The minimum atomic E-state index is -3.28. The second-order valence-corrected chi connectivity index (χ2v) is 15.0. The summed E-state index contributed by atoms with van der Waals surface area (Å²) in [4.78, 5) is 52.8. The van der Waals surface area contributed by atoms with Gasteiger partial charge in [0, 0.05) is 23.8 Å². The molecule has 4 aliphatic heterocycles. The third-order valence-corrected chi connectivity index (χ3v) is 12.3. The number of hydrogen-bond acceptors (Lipinski definition) is 10. The van der Waals surface area contributed by atoms with Gasteiger partial charge in [-0.25, -0.2) is 18.4 Å². The Balaban J connectivity index is 1.13. The Hall–Kier alpha value is -3.16. The molecule has 3 aromatic rings. The van der Waals surface area contributed by atoms with Crippen LogP contribution in [0.25, 0.3) is 10.2 Å². The number of sulfone groups is 1. The van der Waals surface area contributed by atoms with Crippen molar-refractivity contribution in [3.8, 4) is 0 Å². The first-order valence-electron chi connectivity index (χ1n) is 13.6. The molecule has 5 aliphatic rings. The molecule has 3 saturated heterocycles. The molecule has 7 heterocycles. The zero-order chi connectivity index (χ0) is 27.6. The highest BCUT2D eigenvalue weighted by molar-refractivity contribution is 7.93. The number of amides is 1. The second kappa shape index (κ2) is 8.20. The van der Waals surface area contributed by atoms with Crippen LogP contribution in [0.4, 0.5) is 11.5 Å². The summed E-state index contributed by atoms with van der Waals surface area (Å²) in [5.41, 5.74) is 0.832. The molecule has 3 fully saturated rings. The zero-order valence-electron chi connectivity index (χ0n) is 21.8. The predicted molar refractivity (Wildman–Crippen MR) is 147 cm³/mol. The third kappa shape index (κ3) is 3.43. The van der Waals surface area contributed by atoms with Gasteiger partial charge in [0.25, 0.3) is 5.56 Å². The Kier molecular flexibility index (Phi) is 5.05. The number of hydrogen-bond donors (Lipinski definition) is 1. The Morgan fingerprint density at radius 3 is 2.80 bits per heavy atom. The van der Waals surface area contributed by atoms with Crippen molar-refractivity contribution >= 4 is 54.6 Å². The molecule has 8 rings (SSSR count). The monoisotopic (exact) mass is 581 g/mol. The normalized spacial score (nSPS) is 27.2. The van der Waals surface area contributed by atoms with E-state index in [0.29, 0.717) is 43.1 Å². The molecule has 0 radical (unpaired) electrons. The van der Waals surface area contributed by atoms with Gasteiger partial charge in [0.2, 0.25) is 5.91 Å². The summed E-state index contributed by atoms with van der Waals surface area (Å²) in [6.45, 7) is 3.08. The highest BCUT2D eigenvalue weighted by atomic mass is 32.2. The number of ketones is 1. The summed E-state index contributed by atoms with van der Waals surface area (Å²) in [7, 11) is -3.28. The summed E-state index contributed by atoms with van der Waals surface area (Å²) < 4.78 is 31.2. The number of likely N-dealkylation sites (tertiary alicyclic amines) is 1. The first kappa shape index (κ1) is 24.6. The number of carbonyl (C=O) groups excluding carboxylic acids is 2. The zero-order valence-corrected chi connectivity index (χ0v) is 23.4. The molecule has 1 N–H and O–H groups in total. The Morgan fingerprint density at radius 2 is 2.08 bits per heavy atom. The maximum atomic E-state index is 13.7. The van der Waals surface area contributed by atoms with Crippen LogP contribution in [-0.2, 0) is 37.7 Å². The van der Waals surface area contributed by atoms with E-state index in [0.717, 1.165) is 33.5 Å². The van der Waals surface area contributed by atoms with Crippen LogP contribution >= 0.6 is 11.3 Å². The van der Waals surface area contributed by atoms with Crippen LogP contribution in [0.1, 0.15) is 45.8 Å². The first-order chi connectivity index (χ1) is 19.1. The fraction of sp³-hybridized carbons (Fsp3) is 0.519. The van der Waals surface area contributed by atoms with E-state index in [9.17, 15) is 22.8 Å². The van der Waals surface area contributed by atoms with Gasteiger partial charge in [-0.05, 0) is 49.8 Å². The molecule has 11 nitrogen and oxygen atoms in total. The lowest BCUT2D eigenvalue weighted by Crippen LogP contribution is -2.57. The maximum Gasteiger partial charge on any atom is 0.275 e. The quantitative estimate of drug-likeness (QED) is 0.490. The van der Waals surface area contributed by atoms with Crippen molar-refractivity contribution in [3.05, 3.63) is 44.4 Å². The lowest BCUT2D eigenvalue weighted by atomic mass is 9.86. The van der Waals surface area contributed by atoms with Gasteiger partial charge in [0.1, 0.15) is 22.7 Å². The number of pyridine rings is 1. The van der Waals surface area contributed by atoms with Crippen molar-refractivity contribution in [2.75, 3.05) is 30.0 Å². The van der Waals surface area contributed by atoms with Crippen LogP contribution in [-0.4, -0.2) is 76.3 Å². The summed E-state index contributed by atoms with van der Waals surface area (Å²) >= 11 is 1.56. The minimum absolute atomic E-state index is 0.0211. The van der Waals surface area contributed by atoms with Crippen molar-refractivity contribution in [2.45, 2.75) is 56.7 Å². The fourth-order valence-electron chi connectivity index (χ4n) is 7.55. The van der Waals surface area contributed by atoms with Crippen LogP contribution in [0.5, 0.6) is 0 Å². The molecule has 208 valence electrons. The van der Waals surface area contributed by atoms with Gasteiger partial charge in [0.05, 0.1) is 46.9 Å². The van der Waals surface area contributed by atoms with Gasteiger partial charge < -0.3 is 15.0 Å². The van der Waals surface area contributed by atoms with E-state index in [1.807, 2.05) is 4.90 Å². The minimum Gasteiger partial charge on any atom is -0.374 e. The SMILES string of the molecule is Cc1cc(Nc2ncnc3sc4c(c23)CC[C@H](C(=O)N2C[C@H]3C[C@@H]2CO3)C4)c(=O)n2c1C(=O)CC21CS(=O)(=O)C1. The molecule has 1 aliphatic carbocycles. The number of ether oxygens (including phenoxy) is 1. The number of nitrogens with zero attached hydrogens (tertiary/aromatic N) is 4. The topological polar surface area (TPSA) is 141 Å². The smallest absolute Gasteiger partial charge is 0.275 e. The first-order valence-corrected chi connectivity index (χ1v) is 16.2. The summed E-state index contributed by atoms with van der Waals surface area (Å²) in [6, 6.07) is 1.85. The Morgan fingerprint density at radius 1 is 1.25 bits per heavy atom. The number of thiophene rings is 1. The lowest BCUT2D eigenvalue weighted by Gasteiger charge is -2.38. The van der Waals surface area contributed by atoms with Crippen LogP contribution in [0.3, 0.4) is 0 Å². The predicted octanol–water partition coefficient (Wildman–Crippen LogP) is 1.72. The molecule has 0 unspecified atom stereocenters. The largest absolute Gasteiger partial charge is 0.374 e. The van der Waals surface area contributed by atoms with Crippen LogP contribution in [0.2, 0.25) is 0 Å². The number of fused-ring (bicyclic) bond motifs is 7. The van der Waals surface area contributed by atoms with E-state index >= 15 is 0 Å². The molecule has 2 bridgehead atoms. The van der Waals surface area contributed by atoms with Crippen molar-refractivity contribution in [3.63, 3.8) is 0 Å². The molecule has 0 aromatic carbocycles. The number of morpholine rings is 1. The van der Waals surface area contributed by atoms with Crippen molar-refractivity contribution < 1.29 is 22.7 Å². The average Bonchev–Trinajstić information content (AvgIpc) is 3.67. The van der Waals surface area contributed by atoms with E-state index in [2.05, 4.69) is 15.3 Å². The highest BCUT2D eigenvalue weighted by Gasteiger charge is 2.57. The van der Waals surface area contributed by atoms with E-state index in [1.54, 1.807) is 24.3 Å². The molecule has 13 heteroatoms. The number of nitrogens with one attached hydrogen (secondary N) is 1. The van der Waals surface area contributed by atoms with Gasteiger partial charge in [-0.1, -0.05) is 0 Å². The summed E-state index contributed by atoms with van der Waals surface area (Å²) in [6.07, 6.45) is 4.69. The maximum absolute atomic E-state index is 13.7. The second-order valence-electron chi connectivity index (χ2n) is 11.9. The summed E-state index contributed by atoms with van der Waals surface area (Å²) in [5, 5.41) is 4.06. The van der Waals surface area contributed by atoms with Crippen LogP contribution in [0, 0.1) is 12.8 Å². The van der Waals surface area contributed by atoms with E-state index < -0.39 is 20.9 Å². The number of carbonyl (C=O) groups is 2. The Labute approximate surface area is 233 Å². The van der Waals surface area contributed by atoms with E-state index in [-0.39, 0.29) is 53.4 Å². The van der Waals surface area contributed by atoms with Crippen molar-refractivity contribution in [1.29, 1.82) is 0 Å². The number of aromatic nitrogens is 3. The molecule has 40 heavy (non-hydrogen) atoms. The van der Waals surface area contributed by atoms with Gasteiger partial charge in [-0.3, -0.25) is 19.0 Å². The van der Waals surface area contributed by atoms with Crippen molar-refractivity contribution in [1.82, 2.24) is 19.4 Å². The van der Waals surface area contributed by atoms with Gasteiger partial charge in [-0.2, -0.15) is 0 Å². The van der Waals surface area contributed by atoms with Gasteiger partial charge >= 0.3 is 0 Å².